The molecule has 0 spiro atoms. The molecule has 0 aliphatic heterocycles. The van der Waals surface area contributed by atoms with Gasteiger partial charge in [-0.25, -0.2) is 0 Å². The zero-order valence-corrected chi connectivity index (χ0v) is 13.4. The number of rotatable bonds is 6. The van der Waals surface area contributed by atoms with Crippen LogP contribution in [0, 0.1) is 5.41 Å². The number of hydrogen-bond donors (Lipinski definition) is 2. The number of carbonyl (C=O) groups is 1. The predicted octanol–water partition coefficient (Wildman–Crippen LogP) is 2.23. The van der Waals surface area contributed by atoms with Crippen molar-refractivity contribution in [2.75, 3.05) is 20.8 Å². The van der Waals surface area contributed by atoms with Crippen molar-refractivity contribution in [3.05, 3.63) is 23.8 Å². The van der Waals surface area contributed by atoms with Gasteiger partial charge in [0.2, 0.25) is 0 Å². The molecule has 1 aromatic carbocycles. The number of amides is 1. The quantitative estimate of drug-likeness (QED) is 0.844. The van der Waals surface area contributed by atoms with Gasteiger partial charge in [0, 0.05) is 12.6 Å². The third-order valence-electron chi connectivity index (χ3n) is 3.42. The van der Waals surface area contributed by atoms with Crippen LogP contribution < -0.4 is 14.8 Å². The highest BCUT2D eigenvalue weighted by Gasteiger charge is 2.27. The van der Waals surface area contributed by atoms with Crippen LogP contribution in [0.1, 0.15) is 37.6 Å². The van der Waals surface area contributed by atoms with Gasteiger partial charge in [0.05, 0.1) is 19.8 Å². The third-order valence-corrected chi connectivity index (χ3v) is 3.42. The van der Waals surface area contributed by atoms with Crippen molar-refractivity contribution in [1.29, 1.82) is 0 Å². The van der Waals surface area contributed by atoms with Crippen LogP contribution >= 0.6 is 0 Å². The van der Waals surface area contributed by atoms with E-state index in [9.17, 15) is 9.90 Å². The number of benzene rings is 1. The number of para-hydroxylation sites is 1. The average Bonchev–Trinajstić information content (AvgIpc) is 2.44. The maximum Gasteiger partial charge on any atom is 0.255 e. The highest BCUT2D eigenvalue weighted by Crippen LogP contribution is 2.31. The van der Waals surface area contributed by atoms with Gasteiger partial charge in [-0.3, -0.25) is 4.79 Å². The molecule has 21 heavy (non-hydrogen) atoms. The lowest BCUT2D eigenvalue weighted by Gasteiger charge is -2.31. The molecule has 0 aromatic heterocycles. The molecule has 0 saturated heterocycles. The Kier molecular flexibility index (Phi) is 6.03. The Morgan fingerprint density at radius 1 is 1.29 bits per heavy atom. The number of nitrogens with one attached hydrogen (secondary N) is 1. The van der Waals surface area contributed by atoms with Gasteiger partial charge in [0.25, 0.3) is 5.91 Å². The van der Waals surface area contributed by atoms with E-state index in [0.29, 0.717) is 23.5 Å². The van der Waals surface area contributed by atoms with Gasteiger partial charge in [-0.1, -0.05) is 26.8 Å². The monoisotopic (exact) mass is 295 g/mol. The largest absolute Gasteiger partial charge is 0.493 e. The van der Waals surface area contributed by atoms with E-state index in [1.54, 1.807) is 18.2 Å². The minimum atomic E-state index is -0.237. The standard InChI is InChI=1S/C16H25NO4/c1-16(2,3)13(9-10-18)17-15(19)11-7-6-8-12(20-4)14(11)21-5/h6-8,13,18H,9-10H2,1-5H3,(H,17,19). The van der Waals surface area contributed by atoms with Crippen molar-refractivity contribution >= 4 is 5.91 Å². The smallest absolute Gasteiger partial charge is 0.255 e. The van der Waals surface area contributed by atoms with Crippen LogP contribution in [0.2, 0.25) is 0 Å². The Hall–Kier alpha value is -1.75. The summed E-state index contributed by atoms with van der Waals surface area (Å²) in [4.78, 5) is 12.5. The van der Waals surface area contributed by atoms with Crippen LogP contribution in [0.3, 0.4) is 0 Å². The normalized spacial score (nSPS) is 12.7. The lowest BCUT2D eigenvalue weighted by molar-refractivity contribution is 0.0881. The van der Waals surface area contributed by atoms with Gasteiger partial charge in [-0.15, -0.1) is 0 Å². The van der Waals surface area contributed by atoms with Crippen molar-refractivity contribution in [2.24, 2.45) is 5.41 Å². The van der Waals surface area contributed by atoms with Crippen molar-refractivity contribution in [3.63, 3.8) is 0 Å². The van der Waals surface area contributed by atoms with E-state index in [1.807, 2.05) is 20.8 Å². The second-order valence-electron chi connectivity index (χ2n) is 5.95. The molecular weight excluding hydrogens is 270 g/mol. The summed E-state index contributed by atoms with van der Waals surface area (Å²) in [6.07, 6.45) is 0.502. The molecule has 1 amide bonds. The van der Waals surface area contributed by atoms with Crippen molar-refractivity contribution in [2.45, 2.75) is 33.2 Å². The van der Waals surface area contributed by atoms with E-state index in [0.717, 1.165) is 0 Å². The van der Waals surface area contributed by atoms with Gasteiger partial charge in [0.15, 0.2) is 11.5 Å². The second kappa shape index (κ2) is 7.31. The zero-order chi connectivity index (χ0) is 16.0. The maximum atomic E-state index is 12.5. The Morgan fingerprint density at radius 3 is 2.43 bits per heavy atom. The number of hydrogen-bond acceptors (Lipinski definition) is 4. The van der Waals surface area contributed by atoms with Crippen molar-refractivity contribution in [1.82, 2.24) is 5.32 Å². The second-order valence-corrected chi connectivity index (χ2v) is 5.95. The molecule has 1 aromatic rings. The summed E-state index contributed by atoms with van der Waals surface area (Å²) in [5, 5.41) is 12.1. The van der Waals surface area contributed by atoms with Gasteiger partial charge in [-0.05, 0) is 24.0 Å². The first-order valence-electron chi connectivity index (χ1n) is 6.97. The third kappa shape index (κ3) is 4.36. The molecule has 0 bridgehead atoms. The summed E-state index contributed by atoms with van der Waals surface area (Å²) in [7, 11) is 3.03. The first kappa shape index (κ1) is 17.3. The Labute approximate surface area is 126 Å². The van der Waals surface area contributed by atoms with E-state index in [-0.39, 0.29) is 24.0 Å². The Morgan fingerprint density at radius 2 is 1.95 bits per heavy atom. The first-order chi connectivity index (χ1) is 9.85. The lowest BCUT2D eigenvalue weighted by Crippen LogP contribution is -2.44. The molecule has 0 saturated carbocycles. The number of methoxy groups -OCH3 is 2. The fourth-order valence-electron chi connectivity index (χ4n) is 2.15. The van der Waals surface area contributed by atoms with E-state index in [1.165, 1.54) is 14.2 Å². The molecule has 0 aliphatic carbocycles. The molecular formula is C16H25NO4. The van der Waals surface area contributed by atoms with Crippen molar-refractivity contribution in [3.8, 4) is 11.5 Å². The molecule has 1 atom stereocenters. The first-order valence-corrected chi connectivity index (χ1v) is 6.97. The lowest BCUT2D eigenvalue weighted by atomic mass is 9.84. The van der Waals surface area contributed by atoms with E-state index >= 15 is 0 Å². The van der Waals surface area contributed by atoms with E-state index < -0.39 is 0 Å². The van der Waals surface area contributed by atoms with Gasteiger partial charge >= 0.3 is 0 Å². The van der Waals surface area contributed by atoms with Gasteiger partial charge in [-0.2, -0.15) is 0 Å². The molecule has 0 aliphatic rings. The van der Waals surface area contributed by atoms with Crippen LogP contribution in [-0.4, -0.2) is 37.9 Å². The fourth-order valence-corrected chi connectivity index (χ4v) is 2.15. The molecule has 0 fully saturated rings. The molecule has 1 unspecified atom stereocenters. The fraction of sp³-hybridized carbons (Fsp3) is 0.562. The summed E-state index contributed by atoms with van der Waals surface area (Å²) in [5.41, 5.74) is 0.272. The minimum absolute atomic E-state index is 0.0253. The molecule has 2 N–H and O–H groups in total. The van der Waals surface area contributed by atoms with Crippen LogP contribution in [0.5, 0.6) is 11.5 Å². The van der Waals surface area contributed by atoms with E-state index in [2.05, 4.69) is 5.32 Å². The average molecular weight is 295 g/mol. The summed E-state index contributed by atoms with van der Waals surface area (Å²) >= 11 is 0. The molecule has 0 radical (unpaired) electrons. The van der Waals surface area contributed by atoms with Crippen LogP contribution in [-0.2, 0) is 0 Å². The number of aliphatic hydroxyl groups excluding tert-OH is 1. The maximum absolute atomic E-state index is 12.5. The summed E-state index contributed by atoms with van der Waals surface area (Å²) in [6.45, 7) is 6.10. The van der Waals surface area contributed by atoms with Crippen LogP contribution in [0.4, 0.5) is 0 Å². The Balaban J connectivity index is 3.03. The molecule has 0 heterocycles. The molecule has 5 nitrogen and oxygen atoms in total. The topological polar surface area (TPSA) is 67.8 Å². The summed E-state index contributed by atoms with van der Waals surface area (Å²) in [5.74, 6) is 0.688. The predicted molar refractivity (Wildman–Crippen MR) is 82.0 cm³/mol. The van der Waals surface area contributed by atoms with Crippen LogP contribution in [0.15, 0.2) is 18.2 Å². The molecule has 1 rings (SSSR count). The Bertz CT molecular complexity index is 480. The zero-order valence-electron chi connectivity index (χ0n) is 13.4. The minimum Gasteiger partial charge on any atom is -0.493 e. The van der Waals surface area contributed by atoms with E-state index in [4.69, 9.17) is 9.47 Å². The summed E-state index contributed by atoms with van der Waals surface area (Å²) in [6, 6.07) is 5.04. The SMILES string of the molecule is COc1cccc(C(=O)NC(CCO)C(C)(C)C)c1OC. The summed E-state index contributed by atoms with van der Waals surface area (Å²) < 4.78 is 10.5. The number of carbonyl (C=O) groups excluding carboxylic acids is 1. The van der Waals surface area contributed by atoms with Gasteiger partial charge < -0.3 is 19.9 Å². The van der Waals surface area contributed by atoms with Crippen molar-refractivity contribution < 1.29 is 19.4 Å². The van der Waals surface area contributed by atoms with Gasteiger partial charge in [0.1, 0.15) is 0 Å². The highest BCUT2D eigenvalue weighted by atomic mass is 16.5. The van der Waals surface area contributed by atoms with Crippen LogP contribution in [0.25, 0.3) is 0 Å². The highest BCUT2D eigenvalue weighted by molar-refractivity contribution is 5.98. The molecule has 118 valence electrons. The number of ether oxygens (including phenoxy) is 2. The number of aliphatic hydroxyl groups is 1. The molecule has 5 heteroatoms.